The third kappa shape index (κ3) is 2.00. The molecule has 0 aliphatic carbocycles. The first kappa shape index (κ1) is 11.9. The van der Waals surface area contributed by atoms with Gasteiger partial charge in [0.15, 0.2) is 0 Å². The number of para-hydroxylation sites is 1. The molecule has 3 aromatic rings. The molecule has 1 atom stereocenters. The summed E-state index contributed by atoms with van der Waals surface area (Å²) in [6, 6.07) is 11.8. The van der Waals surface area contributed by atoms with Crippen LogP contribution in [0, 0.1) is 6.92 Å². The van der Waals surface area contributed by atoms with Gasteiger partial charge < -0.3 is 5.73 Å². The fraction of sp³-hybridized carbons (Fsp3) is 0.200. The number of hydrogen-bond donors (Lipinski definition) is 1. The summed E-state index contributed by atoms with van der Waals surface area (Å²) in [5, 5.41) is 5.33. The molecule has 0 aliphatic rings. The van der Waals surface area contributed by atoms with Crippen LogP contribution in [0.3, 0.4) is 0 Å². The van der Waals surface area contributed by atoms with Crippen molar-refractivity contribution < 1.29 is 0 Å². The molecule has 0 amide bonds. The largest absolute Gasteiger partial charge is 0.318 e. The van der Waals surface area contributed by atoms with Crippen molar-refractivity contribution in [1.29, 1.82) is 0 Å². The van der Waals surface area contributed by atoms with Crippen molar-refractivity contribution in [2.75, 3.05) is 0 Å². The topological polar surface area (TPSA) is 56.7 Å². The Hall–Kier alpha value is -2.20. The highest BCUT2D eigenvalue weighted by Crippen LogP contribution is 2.23. The van der Waals surface area contributed by atoms with Crippen molar-refractivity contribution in [2.45, 2.75) is 13.0 Å². The first-order valence-electron chi connectivity index (χ1n) is 6.26. The van der Waals surface area contributed by atoms with E-state index in [1.165, 1.54) is 10.9 Å². The van der Waals surface area contributed by atoms with E-state index in [0.717, 1.165) is 16.9 Å². The predicted molar refractivity (Wildman–Crippen MR) is 75.7 cm³/mol. The molecule has 0 radical (unpaired) electrons. The third-order valence-electron chi connectivity index (χ3n) is 3.44. The maximum Gasteiger partial charge on any atom is 0.0897 e. The summed E-state index contributed by atoms with van der Waals surface area (Å²) < 4.78 is 1.79. The van der Waals surface area contributed by atoms with Crippen LogP contribution in [0.5, 0.6) is 0 Å². The van der Waals surface area contributed by atoms with Crippen LogP contribution in [-0.4, -0.2) is 14.8 Å². The van der Waals surface area contributed by atoms with Gasteiger partial charge in [0.25, 0.3) is 0 Å². The van der Waals surface area contributed by atoms with Crippen LogP contribution in [0.2, 0.25) is 0 Å². The Kier molecular flexibility index (Phi) is 2.80. The minimum Gasteiger partial charge on any atom is -0.318 e. The summed E-state index contributed by atoms with van der Waals surface area (Å²) in [5.41, 5.74) is 10.3. The van der Waals surface area contributed by atoms with Crippen molar-refractivity contribution in [3.8, 4) is 0 Å². The second kappa shape index (κ2) is 4.48. The predicted octanol–water partition coefficient (Wildman–Crippen LogP) is 2.32. The molecule has 19 heavy (non-hydrogen) atoms. The van der Waals surface area contributed by atoms with Gasteiger partial charge in [-0.1, -0.05) is 18.2 Å². The smallest absolute Gasteiger partial charge is 0.0897 e. The summed E-state index contributed by atoms with van der Waals surface area (Å²) in [4.78, 5) is 4.67. The van der Waals surface area contributed by atoms with Crippen LogP contribution in [0.25, 0.3) is 10.9 Å². The highest BCUT2D eigenvalue weighted by atomic mass is 15.3. The number of benzene rings is 1. The number of aromatic nitrogens is 3. The molecule has 0 bridgehead atoms. The number of pyridine rings is 1. The summed E-state index contributed by atoms with van der Waals surface area (Å²) in [7, 11) is 1.89. The van der Waals surface area contributed by atoms with Crippen molar-refractivity contribution in [3.05, 3.63) is 59.5 Å². The number of aryl methyl sites for hydroxylation is 2. The number of nitrogens with zero attached hydrogens (tertiary/aromatic N) is 3. The Morgan fingerprint density at radius 3 is 2.74 bits per heavy atom. The molecule has 0 spiro atoms. The lowest BCUT2D eigenvalue weighted by atomic mass is 10.0. The molecular formula is C15H16N4. The SMILES string of the molecule is Cc1cc(C(N)c2ccnn2C)nc2ccccc12. The lowest BCUT2D eigenvalue weighted by molar-refractivity contribution is 0.665. The monoisotopic (exact) mass is 252 g/mol. The number of nitrogens with two attached hydrogens (primary N) is 1. The van der Waals surface area contributed by atoms with E-state index < -0.39 is 0 Å². The van der Waals surface area contributed by atoms with Gasteiger partial charge in [0, 0.05) is 18.6 Å². The van der Waals surface area contributed by atoms with Gasteiger partial charge in [-0.05, 0) is 30.7 Å². The molecule has 1 unspecified atom stereocenters. The van der Waals surface area contributed by atoms with Crippen molar-refractivity contribution in [1.82, 2.24) is 14.8 Å². The van der Waals surface area contributed by atoms with Crippen molar-refractivity contribution in [2.24, 2.45) is 12.8 Å². The van der Waals surface area contributed by atoms with Gasteiger partial charge in [-0.15, -0.1) is 0 Å². The maximum absolute atomic E-state index is 6.30. The quantitative estimate of drug-likeness (QED) is 0.761. The Labute approximate surface area is 111 Å². The fourth-order valence-corrected chi connectivity index (χ4v) is 2.38. The molecule has 0 fully saturated rings. The molecule has 0 saturated heterocycles. The normalized spacial score (nSPS) is 12.8. The summed E-state index contributed by atoms with van der Waals surface area (Å²) in [6.45, 7) is 2.09. The third-order valence-corrected chi connectivity index (χ3v) is 3.44. The van der Waals surface area contributed by atoms with Crippen LogP contribution in [-0.2, 0) is 7.05 Å². The van der Waals surface area contributed by atoms with Gasteiger partial charge in [0.2, 0.25) is 0 Å². The molecule has 2 aromatic heterocycles. The summed E-state index contributed by atoms with van der Waals surface area (Å²) in [5.74, 6) is 0. The molecule has 0 saturated carbocycles. The first-order chi connectivity index (χ1) is 9.16. The summed E-state index contributed by atoms with van der Waals surface area (Å²) in [6.07, 6.45) is 1.75. The highest BCUT2D eigenvalue weighted by molar-refractivity contribution is 5.82. The first-order valence-corrected chi connectivity index (χ1v) is 6.26. The molecule has 4 heteroatoms. The lowest BCUT2D eigenvalue weighted by Crippen LogP contribution is -2.17. The van der Waals surface area contributed by atoms with E-state index in [2.05, 4.69) is 29.1 Å². The van der Waals surface area contributed by atoms with E-state index in [0.29, 0.717) is 0 Å². The van der Waals surface area contributed by atoms with E-state index in [1.54, 1.807) is 10.9 Å². The van der Waals surface area contributed by atoms with Gasteiger partial charge in [0.05, 0.1) is 22.9 Å². The average Bonchev–Trinajstić information content (AvgIpc) is 2.84. The molecule has 96 valence electrons. The Balaban J connectivity index is 2.13. The molecule has 2 heterocycles. The molecule has 0 aliphatic heterocycles. The Morgan fingerprint density at radius 2 is 2.00 bits per heavy atom. The molecule has 3 rings (SSSR count). The van der Waals surface area contributed by atoms with E-state index in [1.807, 2.05) is 31.3 Å². The number of rotatable bonds is 2. The van der Waals surface area contributed by atoms with Crippen molar-refractivity contribution >= 4 is 10.9 Å². The van der Waals surface area contributed by atoms with Gasteiger partial charge in [-0.2, -0.15) is 5.10 Å². The van der Waals surface area contributed by atoms with Gasteiger partial charge in [0.1, 0.15) is 0 Å². The standard InChI is InChI=1S/C15H16N4/c1-10-9-13(15(16)14-7-8-17-19(14)2)18-12-6-4-3-5-11(10)12/h3-9,15H,16H2,1-2H3. The minimum atomic E-state index is -0.254. The maximum atomic E-state index is 6.30. The Bertz CT molecular complexity index is 730. The van der Waals surface area contributed by atoms with Crippen LogP contribution in [0.15, 0.2) is 42.6 Å². The highest BCUT2D eigenvalue weighted by Gasteiger charge is 2.15. The minimum absolute atomic E-state index is 0.254. The van der Waals surface area contributed by atoms with Gasteiger partial charge in [-0.25, -0.2) is 0 Å². The molecule has 2 N–H and O–H groups in total. The van der Waals surface area contributed by atoms with Crippen LogP contribution in [0.1, 0.15) is 23.0 Å². The van der Waals surface area contributed by atoms with Gasteiger partial charge >= 0.3 is 0 Å². The second-order valence-corrected chi connectivity index (χ2v) is 4.74. The number of fused-ring (bicyclic) bond motifs is 1. The van der Waals surface area contributed by atoms with E-state index in [9.17, 15) is 0 Å². The van der Waals surface area contributed by atoms with E-state index in [4.69, 9.17) is 5.73 Å². The van der Waals surface area contributed by atoms with E-state index in [-0.39, 0.29) is 6.04 Å². The fourth-order valence-electron chi connectivity index (χ4n) is 2.38. The van der Waals surface area contributed by atoms with Gasteiger partial charge in [-0.3, -0.25) is 9.67 Å². The van der Waals surface area contributed by atoms with E-state index >= 15 is 0 Å². The van der Waals surface area contributed by atoms with Crippen molar-refractivity contribution in [3.63, 3.8) is 0 Å². The zero-order valence-corrected chi connectivity index (χ0v) is 11.0. The van der Waals surface area contributed by atoms with Crippen LogP contribution < -0.4 is 5.73 Å². The Morgan fingerprint density at radius 1 is 1.21 bits per heavy atom. The summed E-state index contributed by atoms with van der Waals surface area (Å²) >= 11 is 0. The lowest BCUT2D eigenvalue weighted by Gasteiger charge is -2.13. The molecule has 4 nitrogen and oxygen atoms in total. The zero-order chi connectivity index (χ0) is 13.4. The van der Waals surface area contributed by atoms with Crippen LogP contribution in [0.4, 0.5) is 0 Å². The number of hydrogen-bond acceptors (Lipinski definition) is 3. The van der Waals surface area contributed by atoms with Crippen LogP contribution >= 0.6 is 0 Å². The second-order valence-electron chi connectivity index (χ2n) is 4.74. The zero-order valence-electron chi connectivity index (χ0n) is 11.0. The average molecular weight is 252 g/mol. The molecule has 1 aromatic carbocycles. The molecular weight excluding hydrogens is 236 g/mol.